The first-order valence-corrected chi connectivity index (χ1v) is 12.9. The summed E-state index contributed by atoms with van der Waals surface area (Å²) < 4.78 is 5.66. The van der Waals surface area contributed by atoms with Crippen LogP contribution in [0.5, 0.6) is 0 Å². The third kappa shape index (κ3) is 16.0. The van der Waals surface area contributed by atoms with Gasteiger partial charge in [-0.05, 0) is 58.4 Å². The minimum atomic E-state index is -0.0533. The molecule has 0 bridgehead atoms. The maximum absolute atomic E-state index is 11.6. The first kappa shape index (κ1) is 34.9. The molecule has 0 fully saturated rings. The number of allylic oxidation sites excluding steroid dienone is 6. The van der Waals surface area contributed by atoms with Crippen molar-refractivity contribution in [3.05, 3.63) is 57.7 Å². The maximum Gasteiger partial charge on any atom is 0.137 e. The minimum Gasteiger partial charge on any atom is -0.498 e. The highest BCUT2D eigenvalue weighted by atomic mass is 32.2. The summed E-state index contributed by atoms with van der Waals surface area (Å²) in [7, 11) is 0. The van der Waals surface area contributed by atoms with Crippen LogP contribution in [0.3, 0.4) is 0 Å². The molecule has 1 rings (SSSR count). The van der Waals surface area contributed by atoms with Gasteiger partial charge in [0.1, 0.15) is 11.5 Å². The fourth-order valence-electron chi connectivity index (χ4n) is 2.49. The number of carbonyl (C=O) groups excluding carboxylic acids is 1. The van der Waals surface area contributed by atoms with Gasteiger partial charge in [-0.3, -0.25) is 4.79 Å². The third-order valence-corrected chi connectivity index (χ3v) is 5.39. The van der Waals surface area contributed by atoms with E-state index < -0.39 is 0 Å². The molecule has 0 saturated carbocycles. The van der Waals surface area contributed by atoms with Gasteiger partial charge in [-0.1, -0.05) is 78.1 Å². The standard InChI is InChI=1S/C15H22O2S.C8H15N.C3H8.C2H6/c1-6-10(3)18-15-9-13(12(5)16)8-14(11(15)4)17-7-2;1-5-8(7(3)4)9-6-2;1-3-2;1-2/h9,13H,3,6-8H2,1-2,4-5H3;5,9H,3,6H2,1-2,4H3;3H2,1-2H3;1-2H3/b;8-5-;;. The second kappa shape index (κ2) is 22.5. The number of hydrogen-bond donors (Lipinski definition) is 1. The highest BCUT2D eigenvalue weighted by molar-refractivity contribution is 8.06. The zero-order valence-corrected chi connectivity index (χ0v) is 23.7. The fourth-order valence-corrected chi connectivity index (χ4v) is 3.44. The SMILES string of the molecule is C=C(C)/C(=C/C)NCC.C=C(CC)SC1=CC(C(C)=O)CC(OCC)=C1C.CC.CCC. The van der Waals surface area contributed by atoms with E-state index in [2.05, 4.69) is 59.2 Å². The van der Waals surface area contributed by atoms with Crippen LogP contribution < -0.4 is 5.32 Å². The Kier molecular flexibility index (Phi) is 24.6. The molecule has 1 atom stereocenters. The Labute approximate surface area is 204 Å². The summed E-state index contributed by atoms with van der Waals surface area (Å²) >= 11 is 1.66. The Balaban J connectivity index is -0.000000503. The number of hydrogen-bond acceptors (Lipinski definition) is 4. The molecule has 1 unspecified atom stereocenters. The van der Waals surface area contributed by atoms with Crippen LogP contribution in [0.1, 0.15) is 95.4 Å². The summed E-state index contributed by atoms with van der Waals surface area (Å²) in [5, 5.41) is 3.19. The molecule has 0 spiro atoms. The third-order valence-electron chi connectivity index (χ3n) is 4.15. The van der Waals surface area contributed by atoms with Crippen LogP contribution >= 0.6 is 11.8 Å². The zero-order chi connectivity index (χ0) is 25.7. The Morgan fingerprint density at radius 1 is 1.19 bits per heavy atom. The number of nitrogens with one attached hydrogen (secondary N) is 1. The van der Waals surface area contributed by atoms with E-state index in [9.17, 15) is 4.79 Å². The number of Topliss-reactive ketones (excluding diaryl/α,β-unsaturated/α-hetero) is 1. The molecule has 0 aromatic carbocycles. The van der Waals surface area contributed by atoms with E-state index in [0.29, 0.717) is 13.0 Å². The topological polar surface area (TPSA) is 38.3 Å². The van der Waals surface area contributed by atoms with Crippen LogP contribution in [0.2, 0.25) is 0 Å². The summed E-state index contributed by atoms with van der Waals surface area (Å²) in [6, 6.07) is 0. The van der Waals surface area contributed by atoms with E-state index in [1.165, 1.54) is 6.42 Å². The lowest BCUT2D eigenvalue weighted by Crippen LogP contribution is -2.16. The van der Waals surface area contributed by atoms with Crippen molar-refractivity contribution in [2.45, 2.75) is 95.4 Å². The monoisotopic (exact) mass is 465 g/mol. The van der Waals surface area contributed by atoms with E-state index in [0.717, 1.165) is 45.4 Å². The molecule has 0 saturated heterocycles. The molecule has 4 heteroatoms. The second-order valence-electron chi connectivity index (χ2n) is 7.15. The van der Waals surface area contributed by atoms with Crippen LogP contribution in [0.25, 0.3) is 0 Å². The van der Waals surface area contributed by atoms with Crippen LogP contribution in [-0.4, -0.2) is 18.9 Å². The van der Waals surface area contributed by atoms with Crippen LogP contribution in [-0.2, 0) is 9.53 Å². The van der Waals surface area contributed by atoms with Crippen LogP contribution in [0, 0.1) is 5.92 Å². The number of rotatable bonds is 9. The van der Waals surface area contributed by atoms with Gasteiger partial charge in [-0.15, -0.1) is 0 Å². The Morgan fingerprint density at radius 3 is 2.03 bits per heavy atom. The average molecular weight is 466 g/mol. The Bertz CT molecular complexity index is 642. The lowest BCUT2D eigenvalue weighted by molar-refractivity contribution is -0.119. The Hall–Kier alpha value is -1.68. The van der Waals surface area contributed by atoms with Crippen molar-refractivity contribution in [1.82, 2.24) is 5.32 Å². The minimum absolute atomic E-state index is 0.0533. The van der Waals surface area contributed by atoms with Gasteiger partial charge >= 0.3 is 0 Å². The maximum atomic E-state index is 11.6. The summed E-state index contributed by atoms with van der Waals surface area (Å²) in [5.74, 6) is 1.09. The number of ketones is 1. The molecule has 1 N–H and O–H groups in total. The van der Waals surface area contributed by atoms with Crippen LogP contribution in [0.15, 0.2) is 57.7 Å². The van der Waals surface area contributed by atoms with Crippen molar-refractivity contribution >= 4 is 17.5 Å². The first-order valence-electron chi connectivity index (χ1n) is 12.1. The smallest absolute Gasteiger partial charge is 0.137 e. The molecular formula is C28H51NO2S. The molecule has 0 aromatic heterocycles. The summed E-state index contributed by atoms with van der Waals surface area (Å²) in [4.78, 5) is 13.8. The summed E-state index contributed by atoms with van der Waals surface area (Å²) in [6.07, 6.45) is 6.97. The van der Waals surface area contributed by atoms with Crippen molar-refractivity contribution in [2.75, 3.05) is 13.2 Å². The predicted molar refractivity (Wildman–Crippen MR) is 148 cm³/mol. The highest BCUT2D eigenvalue weighted by Crippen LogP contribution is 2.39. The van der Waals surface area contributed by atoms with E-state index in [-0.39, 0.29) is 11.7 Å². The first-order chi connectivity index (χ1) is 15.1. The van der Waals surface area contributed by atoms with Gasteiger partial charge in [0, 0.05) is 35.1 Å². The fraction of sp³-hybridized carbons (Fsp3) is 0.607. The molecule has 0 aliphatic heterocycles. The van der Waals surface area contributed by atoms with Crippen molar-refractivity contribution in [3.63, 3.8) is 0 Å². The normalized spacial score (nSPS) is 14.9. The van der Waals surface area contributed by atoms with Crippen molar-refractivity contribution in [3.8, 4) is 0 Å². The number of ether oxygens (including phenoxy) is 1. The average Bonchev–Trinajstić information content (AvgIpc) is 2.76. The number of thioether (sulfide) groups is 1. The molecule has 0 amide bonds. The Morgan fingerprint density at radius 2 is 1.72 bits per heavy atom. The van der Waals surface area contributed by atoms with Crippen molar-refractivity contribution in [1.29, 1.82) is 0 Å². The molecule has 32 heavy (non-hydrogen) atoms. The lowest BCUT2D eigenvalue weighted by atomic mass is 9.92. The molecule has 0 aromatic rings. The van der Waals surface area contributed by atoms with Gasteiger partial charge in [0.05, 0.1) is 6.61 Å². The van der Waals surface area contributed by atoms with Gasteiger partial charge in [0.15, 0.2) is 0 Å². The molecule has 0 radical (unpaired) electrons. The quantitative estimate of drug-likeness (QED) is 0.345. The largest absolute Gasteiger partial charge is 0.498 e. The van der Waals surface area contributed by atoms with Gasteiger partial charge in [0.2, 0.25) is 0 Å². The molecular weight excluding hydrogens is 414 g/mol. The molecule has 3 nitrogen and oxygen atoms in total. The van der Waals surface area contributed by atoms with Crippen LogP contribution in [0.4, 0.5) is 0 Å². The van der Waals surface area contributed by atoms with Gasteiger partial charge in [-0.2, -0.15) is 0 Å². The summed E-state index contributed by atoms with van der Waals surface area (Å²) in [5.41, 5.74) is 3.39. The molecule has 1 aliphatic rings. The van der Waals surface area contributed by atoms with E-state index in [1.54, 1.807) is 18.7 Å². The number of carbonyl (C=O) groups is 1. The number of likely N-dealkylation sites (N-methyl/N-ethyl adjacent to an activating group) is 1. The molecule has 0 heterocycles. The van der Waals surface area contributed by atoms with Gasteiger partial charge in [-0.25, -0.2) is 0 Å². The zero-order valence-electron chi connectivity index (χ0n) is 22.9. The van der Waals surface area contributed by atoms with E-state index >= 15 is 0 Å². The molecule has 1 aliphatic carbocycles. The van der Waals surface area contributed by atoms with Gasteiger partial charge < -0.3 is 10.1 Å². The summed E-state index contributed by atoms with van der Waals surface area (Å²) in [6.45, 7) is 31.5. The van der Waals surface area contributed by atoms with Crippen molar-refractivity contribution < 1.29 is 9.53 Å². The predicted octanol–water partition coefficient (Wildman–Crippen LogP) is 8.96. The highest BCUT2D eigenvalue weighted by Gasteiger charge is 2.24. The van der Waals surface area contributed by atoms with E-state index in [4.69, 9.17) is 4.74 Å². The lowest BCUT2D eigenvalue weighted by Gasteiger charge is -2.24. The molecule has 186 valence electrons. The van der Waals surface area contributed by atoms with Gasteiger partial charge in [0.25, 0.3) is 0 Å². The van der Waals surface area contributed by atoms with E-state index in [1.807, 2.05) is 40.7 Å². The van der Waals surface area contributed by atoms with Crippen molar-refractivity contribution in [2.24, 2.45) is 5.92 Å². The second-order valence-corrected chi connectivity index (χ2v) is 8.37.